The van der Waals surface area contributed by atoms with E-state index >= 15 is 0 Å². The first-order chi connectivity index (χ1) is 14.1. The lowest BCUT2D eigenvalue weighted by molar-refractivity contribution is -0.131. The van der Waals surface area contributed by atoms with Gasteiger partial charge in [0, 0.05) is 11.6 Å². The Hall–Kier alpha value is -3.92. The third kappa shape index (κ3) is 4.33. The summed E-state index contributed by atoms with van der Waals surface area (Å²) in [6.07, 6.45) is 6.57. The number of nitrogens with zero attached hydrogens (tertiary/aromatic N) is 1. The van der Waals surface area contributed by atoms with E-state index in [4.69, 9.17) is 9.52 Å². The lowest BCUT2D eigenvalue weighted by atomic mass is 10.1. The van der Waals surface area contributed by atoms with Gasteiger partial charge in [-0.05, 0) is 53.1 Å². The van der Waals surface area contributed by atoms with Crippen LogP contribution >= 0.6 is 0 Å². The molecule has 0 unspecified atom stereocenters. The molecule has 3 aromatic carbocycles. The van der Waals surface area contributed by atoms with Crippen molar-refractivity contribution >= 4 is 35.0 Å². The van der Waals surface area contributed by atoms with Crippen LogP contribution in [-0.4, -0.2) is 16.1 Å². The van der Waals surface area contributed by atoms with Gasteiger partial charge in [0.15, 0.2) is 0 Å². The van der Waals surface area contributed by atoms with E-state index in [-0.39, 0.29) is 0 Å². The Morgan fingerprint density at radius 3 is 2.31 bits per heavy atom. The summed E-state index contributed by atoms with van der Waals surface area (Å²) in [5.41, 5.74) is 3.55. The van der Waals surface area contributed by atoms with E-state index in [0.29, 0.717) is 5.89 Å². The van der Waals surface area contributed by atoms with Gasteiger partial charge in [-0.1, -0.05) is 60.7 Å². The van der Waals surface area contributed by atoms with Gasteiger partial charge in [-0.25, -0.2) is 9.78 Å². The van der Waals surface area contributed by atoms with Gasteiger partial charge in [-0.2, -0.15) is 0 Å². The van der Waals surface area contributed by atoms with E-state index < -0.39 is 5.97 Å². The molecule has 0 atom stereocenters. The molecule has 0 aliphatic heterocycles. The first-order valence-electron chi connectivity index (χ1n) is 9.24. The van der Waals surface area contributed by atoms with Crippen molar-refractivity contribution in [3.63, 3.8) is 0 Å². The summed E-state index contributed by atoms with van der Waals surface area (Å²) in [6, 6.07) is 22.0. The number of hydrogen-bond acceptors (Lipinski definition) is 3. The minimum absolute atomic E-state index is 0.599. The second-order valence-electron chi connectivity index (χ2n) is 6.69. The van der Waals surface area contributed by atoms with Gasteiger partial charge in [0.1, 0.15) is 11.5 Å². The fourth-order valence-electron chi connectivity index (χ4n) is 3.07. The average Bonchev–Trinajstić information content (AvgIpc) is 3.11. The van der Waals surface area contributed by atoms with Crippen LogP contribution in [0.4, 0.5) is 0 Å². The number of hydrogen-bond donors (Lipinski definition) is 1. The number of aromatic nitrogens is 1. The summed E-state index contributed by atoms with van der Waals surface area (Å²) in [5, 5.41) is 11.0. The van der Waals surface area contributed by atoms with Gasteiger partial charge in [-0.15, -0.1) is 0 Å². The lowest BCUT2D eigenvalue weighted by Crippen LogP contribution is -1.85. The van der Waals surface area contributed by atoms with Gasteiger partial charge in [0.2, 0.25) is 5.89 Å². The Morgan fingerprint density at radius 2 is 1.59 bits per heavy atom. The zero-order valence-electron chi connectivity index (χ0n) is 15.9. The summed E-state index contributed by atoms with van der Waals surface area (Å²) >= 11 is 0. The van der Waals surface area contributed by atoms with E-state index in [1.807, 2.05) is 61.5 Å². The van der Waals surface area contributed by atoms with Crippen molar-refractivity contribution in [1.82, 2.24) is 4.98 Å². The van der Waals surface area contributed by atoms with Crippen molar-refractivity contribution in [3.05, 3.63) is 95.4 Å². The molecule has 1 aromatic heterocycles. The first kappa shape index (κ1) is 18.4. The third-order valence-corrected chi connectivity index (χ3v) is 4.62. The zero-order chi connectivity index (χ0) is 20.2. The Labute approximate surface area is 168 Å². The van der Waals surface area contributed by atoms with Crippen LogP contribution in [0.1, 0.15) is 22.6 Å². The maximum absolute atomic E-state index is 10.6. The van der Waals surface area contributed by atoms with Gasteiger partial charge >= 0.3 is 5.97 Å². The number of aliphatic carboxylic acids is 1. The van der Waals surface area contributed by atoms with E-state index in [9.17, 15) is 4.79 Å². The van der Waals surface area contributed by atoms with Crippen LogP contribution in [0.15, 0.2) is 77.2 Å². The largest absolute Gasteiger partial charge is 0.478 e. The Morgan fingerprint density at radius 1 is 0.897 bits per heavy atom. The Bertz CT molecular complexity index is 1230. The molecule has 1 heterocycles. The quantitative estimate of drug-likeness (QED) is 0.426. The smallest absolute Gasteiger partial charge is 0.328 e. The molecule has 4 rings (SSSR count). The molecule has 0 amide bonds. The van der Waals surface area contributed by atoms with Crippen LogP contribution in [0, 0.1) is 6.92 Å². The highest BCUT2D eigenvalue weighted by Gasteiger charge is 2.10. The number of aryl methyl sites for hydroxylation is 1. The second-order valence-corrected chi connectivity index (χ2v) is 6.69. The summed E-state index contributed by atoms with van der Waals surface area (Å²) < 4.78 is 5.88. The molecule has 1 N–H and O–H groups in total. The number of carboxylic acid groups (broad SMARTS) is 1. The van der Waals surface area contributed by atoms with Gasteiger partial charge < -0.3 is 9.52 Å². The van der Waals surface area contributed by atoms with Crippen LogP contribution in [0.5, 0.6) is 0 Å². The van der Waals surface area contributed by atoms with Crippen LogP contribution in [0.25, 0.3) is 40.5 Å². The summed E-state index contributed by atoms with van der Waals surface area (Å²) in [5.74, 6) is 0.394. The zero-order valence-corrected chi connectivity index (χ0v) is 15.9. The molecule has 0 fully saturated rings. The number of carbonyl (C=O) groups is 1. The van der Waals surface area contributed by atoms with Crippen molar-refractivity contribution in [2.45, 2.75) is 6.92 Å². The average molecular weight is 381 g/mol. The van der Waals surface area contributed by atoms with Gasteiger partial charge in [0.25, 0.3) is 0 Å². The van der Waals surface area contributed by atoms with Crippen LogP contribution in [0.2, 0.25) is 0 Å². The third-order valence-electron chi connectivity index (χ3n) is 4.62. The maximum Gasteiger partial charge on any atom is 0.328 e. The number of fused-ring (bicyclic) bond motifs is 1. The Balaban J connectivity index is 1.55. The number of oxazole rings is 1. The monoisotopic (exact) mass is 381 g/mol. The molecular formula is C25H19NO3. The molecule has 0 aliphatic carbocycles. The standard InChI is InChI=1S/C25H19NO3/c1-17-23(14-10-18-6-8-19(9-7-18)11-15-24(27)28)26-25(29-17)22-13-12-20-4-2-3-5-21(20)16-22/h2-16H,1H3,(H,27,28). The predicted molar refractivity (Wildman–Crippen MR) is 116 cm³/mol. The molecule has 0 spiro atoms. The molecule has 4 heteroatoms. The van der Waals surface area contributed by atoms with Crippen LogP contribution in [-0.2, 0) is 4.79 Å². The van der Waals surface area contributed by atoms with Crippen molar-refractivity contribution in [3.8, 4) is 11.5 Å². The maximum atomic E-state index is 10.6. The van der Waals surface area contributed by atoms with Crippen molar-refractivity contribution in [1.29, 1.82) is 0 Å². The topological polar surface area (TPSA) is 63.3 Å². The minimum Gasteiger partial charge on any atom is -0.478 e. The number of rotatable bonds is 5. The fraction of sp³-hybridized carbons (Fsp3) is 0.0400. The first-order valence-corrected chi connectivity index (χ1v) is 9.24. The Kier molecular flexibility index (Phi) is 5.08. The minimum atomic E-state index is -0.960. The summed E-state index contributed by atoms with van der Waals surface area (Å²) in [7, 11) is 0. The van der Waals surface area contributed by atoms with Crippen molar-refractivity contribution in [2.75, 3.05) is 0 Å². The fourth-order valence-corrected chi connectivity index (χ4v) is 3.07. The predicted octanol–water partition coefficient (Wildman–Crippen LogP) is 6.07. The summed E-state index contributed by atoms with van der Waals surface area (Å²) in [4.78, 5) is 15.2. The molecule has 0 radical (unpaired) electrons. The van der Waals surface area contributed by atoms with Crippen molar-refractivity contribution < 1.29 is 14.3 Å². The SMILES string of the molecule is Cc1oc(-c2ccc3ccccc3c2)nc1C=Cc1ccc(C=CC(=O)O)cc1. The molecule has 29 heavy (non-hydrogen) atoms. The molecule has 0 aliphatic rings. The highest BCUT2D eigenvalue weighted by atomic mass is 16.4. The van der Waals surface area contributed by atoms with Crippen LogP contribution in [0.3, 0.4) is 0 Å². The van der Waals surface area contributed by atoms with E-state index in [2.05, 4.69) is 29.2 Å². The number of carboxylic acids is 1. The molecule has 4 aromatic rings. The molecular weight excluding hydrogens is 362 g/mol. The summed E-state index contributed by atoms with van der Waals surface area (Å²) in [6.45, 7) is 1.90. The van der Waals surface area contributed by atoms with E-state index in [1.54, 1.807) is 6.08 Å². The second kappa shape index (κ2) is 7.98. The van der Waals surface area contributed by atoms with E-state index in [1.165, 1.54) is 5.39 Å². The molecule has 0 bridgehead atoms. The lowest BCUT2D eigenvalue weighted by Gasteiger charge is -1.99. The van der Waals surface area contributed by atoms with Crippen LogP contribution < -0.4 is 0 Å². The van der Waals surface area contributed by atoms with Crippen molar-refractivity contribution in [2.24, 2.45) is 0 Å². The van der Waals surface area contributed by atoms with Gasteiger partial charge in [-0.3, -0.25) is 0 Å². The highest BCUT2D eigenvalue weighted by molar-refractivity contribution is 5.86. The molecule has 4 nitrogen and oxygen atoms in total. The molecule has 0 saturated carbocycles. The number of benzene rings is 3. The molecule has 0 saturated heterocycles. The highest BCUT2D eigenvalue weighted by Crippen LogP contribution is 2.26. The normalized spacial score (nSPS) is 11.6. The molecule has 142 valence electrons. The van der Waals surface area contributed by atoms with E-state index in [0.717, 1.165) is 39.6 Å². The van der Waals surface area contributed by atoms with Gasteiger partial charge in [0.05, 0.1) is 0 Å².